The average molecular weight is 485 g/mol. The van der Waals surface area contributed by atoms with E-state index in [1.165, 1.54) is 18.4 Å². The first-order chi connectivity index (χ1) is 16.3. The Morgan fingerprint density at radius 3 is 2.88 bits per heavy atom. The molecule has 11 heteroatoms. The molecule has 2 aromatic rings. The van der Waals surface area contributed by atoms with Crippen LogP contribution >= 0.6 is 11.3 Å². The summed E-state index contributed by atoms with van der Waals surface area (Å²) in [7, 11) is 1.52. The van der Waals surface area contributed by atoms with Gasteiger partial charge < -0.3 is 25.0 Å². The van der Waals surface area contributed by atoms with E-state index in [0.717, 1.165) is 21.1 Å². The lowest BCUT2D eigenvalue weighted by molar-refractivity contribution is -0.143. The van der Waals surface area contributed by atoms with Crippen molar-refractivity contribution in [2.75, 3.05) is 25.5 Å². The van der Waals surface area contributed by atoms with Gasteiger partial charge in [-0.1, -0.05) is 6.07 Å². The molecule has 1 aromatic heterocycles. The van der Waals surface area contributed by atoms with Gasteiger partial charge in [0.25, 0.3) is 5.91 Å². The number of carbonyl (C=O) groups is 4. The van der Waals surface area contributed by atoms with Gasteiger partial charge in [-0.15, -0.1) is 11.3 Å². The topological polar surface area (TPSA) is 117 Å². The van der Waals surface area contributed by atoms with Crippen LogP contribution in [0.3, 0.4) is 0 Å². The molecule has 5 rings (SSSR count). The van der Waals surface area contributed by atoms with E-state index in [4.69, 9.17) is 9.47 Å². The standard InChI is InChI=1S/C23H24N4O6S/c1-13-12-32-17-6-8-34-18(17)10-26(13)19(28)11-27-20(29)23(33-22(27)31)7-5-14-9-15(3-4-16(14)23)25-21(30)24-2/h3-4,6,8-9,13H,5,7,10-12H2,1-2H3,(H2,24,25,30)/t13-,23+/m1/s1. The van der Waals surface area contributed by atoms with E-state index in [9.17, 15) is 19.2 Å². The lowest BCUT2D eigenvalue weighted by Gasteiger charge is -2.27. The SMILES string of the molecule is CNC(=O)Nc1ccc2c(c1)CC[C@]21OC(=O)N(CC(=O)N2Cc3sccc3OC[C@H]2C)C1=O. The first-order valence-corrected chi connectivity index (χ1v) is 11.9. The number of amides is 5. The molecule has 178 valence electrons. The van der Waals surface area contributed by atoms with Gasteiger partial charge in [0.15, 0.2) is 0 Å². The molecule has 1 aliphatic carbocycles. The molecular formula is C23H24N4O6S. The second kappa shape index (κ2) is 8.32. The van der Waals surface area contributed by atoms with E-state index in [0.29, 0.717) is 30.8 Å². The summed E-state index contributed by atoms with van der Waals surface area (Å²) in [4.78, 5) is 54.5. The maximum Gasteiger partial charge on any atom is 0.418 e. The number of hydrogen-bond donors (Lipinski definition) is 2. The van der Waals surface area contributed by atoms with Crippen LogP contribution in [0.5, 0.6) is 5.75 Å². The number of hydrogen-bond acceptors (Lipinski definition) is 7. The van der Waals surface area contributed by atoms with E-state index < -0.39 is 24.1 Å². The van der Waals surface area contributed by atoms with Crippen LogP contribution in [0.15, 0.2) is 29.6 Å². The third-order valence-corrected chi connectivity index (χ3v) is 7.38. The molecule has 2 atom stereocenters. The Hall–Kier alpha value is -3.60. The minimum atomic E-state index is -1.44. The third kappa shape index (κ3) is 3.56. The number of rotatable bonds is 3. The molecular weight excluding hydrogens is 460 g/mol. The number of imide groups is 1. The summed E-state index contributed by atoms with van der Waals surface area (Å²) in [5.41, 5.74) is 0.534. The number of carbonyl (C=O) groups excluding carboxylic acids is 4. The normalized spacial score (nSPS) is 23.2. The van der Waals surface area contributed by atoms with Gasteiger partial charge in [0, 0.05) is 24.7 Å². The molecule has 1 spiro atoms. The van der Waals surface area contributed by atoms with Gasteiger partial charge in [-0.05, 0) is 42.5 Å². The molecule has 34 heavy (non-hydrogen) atoms. The summed E-state index contributed by atoms with van der Waals surface area (Å²) in [6, 6.07) is 6.42. The van der Waals surface area contributed by atoms with Crippen LogP contribution in [0.2, 0.25) is 0 Å². The summed E-state index contributed by atoms with van der Waals surface area (Å²) in [6.07, 6.45) is -0.0384. The van der Waals surface area contributed by atoms with Crippen LogP contribution in [0.1, 0.15) is 29.3 Å². The van der Waals surface area contributed by atoms with Crippen molar-refractivity contribution in [3.63, 3.8) is 0 Å². The highest BCUT2D eigenvalue weighted by atomic mass is 32.1. The Morgan fingerprint density at radius 2 is 2.09 bits per heavy atom. The minimum Gasteiger partial charge on any atom is -0.490 e. The highest BCUT2D eigenvalue weighted by Crippen LogP contribution is 2.46. The van der Waals surface area contributed by atoms with E-state index in [1.54, 1.807) is 23.1 Å². The van der Waals surface area contributed by atoms with Gasteiger partial charge in [-0.3, -0.25) is 9.59 Å². The molecule has 1 saturated heterocycles. The van der Waals surface area contributed by atoms with Gasteiger partial charge in [0.2, 0.25) is 11.5 Å². The van der Waals surface area contributed by atoms with Crippen LogP contribution in [0.25, 0.3) is 0 Å². The molecule has 0 unspecified atom stereocenters. The molecule has 5 amide bonds. The number of ether oxygens (including phenoxy) is 2. The molecule has 10 nitrogen and oxygen atoms in total. The number of urea groups is 1. The van der Waals surface area contributed by atoms with Crippen LogP contribution in [0, 0.1) is 0 Å². The second-order valence-electron chi connectivity index (χ2n) is 8.55. The van der Waals surface area contributed by atoms with Crippen molar-refractivity contribution in [1.82, 2.24) is 15.1 Å². The van der Waals surface area contributed by atoms with Gasteiger partial charge in [-0.25, -0.2) is 14.5 Å². The molecule has 1 aromatic carbocycles. The van der Waals surface area contributed by atoms with E-state index in [2.05, 4.69) is 10.6 Å². The van der Waals surface area contributed by atoms with Crippen molar-refractivity contribution in [1.29, 1.82) is 0 Å². The minimum absolute atomic E-state index is 0.215. The number of anilines is 1. The molecule has 2 aliphatic heterocycles. The molecule has 3 heterocycles. The summed E-state index contributed by atoms with van der Waals surface area (Å²) in [6.45, 7) is 2.17. The zero-order valence-corrected chi connectivity index (χ0v) is 19.6. The Kier molecular flexibility index (Phi) is 5.43. The molecule has 0 radical (unpaired) electrons. The fraction of sp³-hybridized carbons (Fsp3) is 0.391. The summed E-state index contributed by atoms with van der Waals surface area (Å²) in [5, 5.41) is 7.08. The maximum atomic E-state index is 13.4. The van der Waals surface area contributed by atoms with E-state index in [1.807, 2.05) is 18.4 Å². The van der Waals surface area contributed by atoms with E-state index in [-0.39, 0.29) is 24.4 Å². The summed E-state index contributed by atoms with van der Waals surface area (Å²) in [5.74, 6) is -0.120. The predicted molar refractivity (Wildman–Crippen MR) is 123 cm³/mol. The lowest BCUT2D eigenvalue weighted by atomic mass is 9.94. The lowest BCUT2D eigenvalue weighted by Crippen LogP contribution is -2.47. The molecule has 2 N–H and O–H groups in total. The van der Waals surface area contributed by atoms with Crippen molar-refractivity contribution in [2.45, 2.75) is 38.0 Å². The first kappa shape index (κ1) is 22.2. The fourth-order valence-electron chi connectivity index (χ4n) is 4.67. The Morgan fingerprint density at radius 1 is 1.26 bits per heavy atom. The maximum absolute atomic E-state index is 13.4. The van der Waals surface area contributed by atoms with Gasteiger partial charge in [0.05, 0.1) is 17.5 Å². The predicted octanol–water partition coefficient (Wildman–Crippen LogP) is 2.43. The van der Waals surface area contributed by atoms with Crippen molar-refractivity contribution < 1.29 is 28.7 Å². The van der Waals surface area contributed by atoms with Crippen molar-refractivity contribution in [3.05, 3.63) is 45.6 Å². The zero-order valence-electron chi connectivity index (χ0n) is 18.8. The van der Waals surface area contributed by atoms with Crippen LogP contribution in [0.4, 0.5) is 15.3 Å². The Bertz CT molecular complexity index is 1200. The van der Waals surface area contributed by atoms with Gasteiger partial charge >= 0.3 is 12.1 Å². The van der Waals surface area contributed by atoms with Crippen LogP contribution < -0.4 is 15.4 Å². The van der Waals surface area contributed by atoms with Gasteiger partial charge in [0.1, 0.15) is 18.9 Å². The van der Waals surface area contributed by atoms with Crippen LogP contribution in [-0.2, 0) is 32.9 Å². The number of nitrogens with one attached hydrogen (secondary N) is 2. The van der Waals surface area contributed by atoms with Crippen molar-refractivity contribution in [3.8, 4) is 5.75 Å². The highest BCUT2D eigenvalue weighted by Gasteiger charge is 2.58. The van der Waals surface area contributed by atoms with Crippen molar-refractivity contribution in [2.24, 2.45) is 0 Å². The highest BCUT2D eigenvalue weighted by molar-refractivity contribution is 7.10. The van der Waals surface area contributed by atoms with Gasteiger partial charge in [-0.2, -0.15) is 0 Å². The van der Waals surface area contributed by atoms with Crippen LogP contribution in [-0.4, -0.2) is 60.0 Å². The zero-order chi connectivity index (χ0) is 24.0. The monoisotopic (exact) mass is 484 g/mol. The smallest absolute Gasteiger partial charge is 0.418 e. The Labute approximate surface area is 199 Å². The molecule has 1 fully saturated rings. The number of thiophene rings is 1. The summed E-state index contributed by atoms with van der Waals surface area (Å²) >= 11 is 1.50. The second-order valence-corrected chi connectivity index (χ2v) is 9.55. The molecule has 0 saturated carbocycles. The fourth-order valence-corrected chi connectivity index (χ4v) is 5.48. The Balaban J connectivity index is 1.35. The average Bonchev–Trinajstić information content (AvgIpc) is 3.45. The number of fused-ring (bicyclic) bond motifs is 3. The summed E-state index contributed by atoms with van der Waals surface area (Å²) < 4.78 is 11.4. The number of nitrogens with zero attached hydrogens (tertiary/aromatic N) is 2. The third-order valence-electron chi connectivity index (χ3n) is 6.49. The first-order valence-electron chi connectivity index (χ1n) is 11.0. The number of benzene rings is 1. The number of aryl methyl sites for hydroxylation is 1. The molecule has 3 aliphatic rings. The molecule has 0 bridgehead atoms. The quantitative estimate of drug-likeness (QED) is 0.691. The van der Waals surface area contributed by atoms with Crippen molar-refractivity contribution >= 4 is 41.0 Å². The largest absolute Gasteiger partial charge is 0.490 e. The van der Waals surface area contributed by atoms with E-state index >= 15 is 0 Å².